The van der Waals surface area contributed by atoms with Crippen LogP contribution >= 0.6 is 23.5 Å². The summed E-state index contributed by atoms with van der Waals surface area (Å²) in [6, 6.07) is 0. The van der Waals surface area contributed by atoms with Crippen molar-refractivity contribution in [3.63, 3.8) is 0 Å². The summed E-state index contributed by atoms with van der Waals surface area (Å²) in [4.78, 5) is 0. The van der Waals surface area contributed by atoms with Crippen LogP contribution in [0.15, 0.2) is 11.6 Å². The van der Waals surface area contributed by atoms with Crippen LogP contribution in [0.3, 0.4) is 0 Å². The molecule has 0 amide bonds. The molecule has 2 unspecified atom stereocenters. The van der Waals surface area contributed by atoms with Gasteiger partial charge in [0.25, 0.3) is 0 Å². The second-order valence-corrected chi connectivity index (χ2v) is 6.00. The maximum absolute atomic E-state index is 2.43. The topological polar surface area (TPSA) is 0 Å². The van der Waals surface area contributed by atoms with E-state index in [-0.39, 0.29) is 0 Å². The molecule has 0 nitrogen and oxygen atoms in total. The Morgan fingerprint density at radius 2 is 2.00 bits per heavy atom. The third kappa shape index (κ3) is 1.78. The summed E-state index contributed by atoms with van der Waals surface area (Å²) in [6.45, 7) is 2.27. The first kappa shape index (κ1) is 8.06. The highest BCUT2D eigenvalue weighted by Gasteiger charge is 2.27. The first-order valence-electron chi connectivity index (χ1n) is 4.25. The molecule has 0 bridgehead atoms. The number of thioether (sulfide) groups is 2. The van der Waals surface area contributed by atoms with E-state index < -0.39 is 0 Å². The Bertz CT molecular complexity index is 174. The highest BCUT2D eigenvalue weighted by Crippen LogP contribution is 2.39. The third-order valence-corrected chi connectivity index (χ3v) is 5.57. The number of hydrogen-bond donors (Lipinski definition) is 0. The minimum absolute atomic E-state index is 0.942. The molecule has 0 saturated carbocycles. The fourth-order valence-corrected chi connectivity index (χ4v) is 4.84. The summed E-state index contributed by atoms with van der Waals surface area (Å²) in [6.07, 6.45) is 5.11. The van der Waals surface area contributed by atoms with Crippen molar-refractivity contribution in [2.75, 3.05) is 11.5 Å². The standard InChI is InChI=1S/C9H14S2/c1-7-2-3-8-9(6-7)11-5-4-10-8/h2,8-9H,3-6H2,1H3. The van der Waals surface area contributed by atoms with Crippen LogP contribution in [0, 0.1) is 0 Å². The monoisotopic (exact) mass is 186 g/mol. The van der Waals surface area contributed by atoms with Gasteiger partial charge in [-0.2, -0.15) is 23.5 Å². The fraction of sp³-hybridized carbons (Fsp3) is 0.778. The van der Waals surface area contributed by atoms with Gasteiger partial charge >= 0.3 is 0 Å². The lowest BCUT2D eigenvalue weighted by atomic mass is 10.00. The van der Waals surface area contributed by atoms with Gasteiger partial charge in [0, 0.05) is 22.0 Å². The SMILES string of the molecule is CC1=CCC2SCCSC2C1. The van der Waals surface area contributed by atoms with E-state index in [1.807, 2.05) is 0 Å². The van der Waals surface area contributed by atoms with Gasteiger partial charge in [-0.05, 0) is 19.8 Å². The summed E-state index contributed by atoms with van der Waals surface area (Å²) in [7, 11) is 0. The molecule has 2 aliphatic rings. The van der Waals surface area contributed by atoms with E-state index in [2.05, 4.69) is 36.5 Å². The Hall–Kier alpha value is 0.440. The van der Waals surface area contributed by atoms with Crippen molar-refractivity contribution >= 4 is 23.5 Å². The normalized spacial score (nSPS) is 37.7. The number of allylic oxidation sites excluding steroid dienone is 2. The van der Waals surface area contributed by atoms with Gasteiger partial charge in [0.15, 0.2) is 0 Å². The maximum Gasteiger partial charge on any atom is 0.0206 e. The summed E-state index contributed by atoms with van der Waals surface area (Å²) >= 11 is 4.37. The molecule has 0 aromatic carbocycles. The van der Waals surface area contributed by atoms with E-state index in [1.165, 1.54) is 24.3 Å². The molecule has 1 saturated heterocycles. The van der Waals surface area contributed by atoms with Gasteiger partial charge in [0.05, 0.1) is 0 Å². The van der Waals surface area contributed by atoms with Gasteiger partial charge in [0.1, 0.15) is 0 Å². The molecule has 0 radical (unpaired) electrons. The highest BCUT2D eigenvalue weighted by molar-refractivity contribution is 8.07. The zero-order valence-electron chi connectivity index (χ0n) is 6.88. The average molecular weight is 186 g/mol. The van der Waals surface area contributed by atoms with Gasteiger partial charge in [-0.15, -0.1) is 0 Å². The van der Waals surface area contributed by atoms with Crippen LogP contribution in [0.25, 0.3) is 0 Å². The minimum atomic E-state index is 0.942. The van der Waals surface area contributed by atoms with E-state index in [4.69, 9.17) is 0 Å². The van der Waals surface area contributed by atoms with Crippen molar-refractivity contribution in [1.82, 2.24) is 0 Å². The largest absolute Gasteiger partial charge is 0.156 e. The molecule has 1 aliphatic carbocycles. The van der Waals surface area contributed by atoms with Gasteiger partial charge in [-0.25, -0.2) is 0 Å². The first-order chi connectivity index (χ1) is 5.36. The van der Waals surface area contributed by atoms with Gasteiger partial charge in [-0.3, -0.25) is 0 Å². The third-order valence-electron chi connectivity index (χ3n) is 2.38. The molecule has 0 aromatic heterocycles. The molecule has 62 valence electrons. The Morgan fingerprint density at radius 1 is 1.27 bits per heavy atom. The number of rotatable bonds is 0. The van der Waals surface area contributed by atoms with Crippen LogP contribution in [0.4, 0.5) is 0 Å². The highest BCUT2D eigenvalue weighted by atomic mass is 32.2. The second-order valence-electron chi connectivity index (χ2n) is 3.31. The summed E-state index contributed by atoms with van der Waals surface area (Å²) in [5.74, 6) is 2.75. The molecule has 2 heteroatoms. The zero-order chi connectivity index (χ0) is 7.68. The molecule has 1 heterocycles. The molecule has 0 spiro atoms. The molecule has 0 N–H and O–H groups in total. The predicted octanol–water partition coefficient (Wildman–Crippen LogP) is 2.94. The quantitative estimate of drug-likeness (QED) is 0.533. The van der Waals surface area contributed by atoms with Crippen LogP contribution in [0.5, 0.6) is 0 Å². The Balaban J connectivity index is 2.04. The summed E-state index contributed by atoms with van der Waals surface area (Å²) < 4.78 is 0. The molecule has 2 rings (SSSR count). The van der Waals surface area contributed by atoms with Crippen LogP contribution in [-0.2, 0) is 0 Å². The van der Waals surface area contributed by atoms with Crippen molar-refractivity contribution in [1.29, 1.82) is 0 Å². The first-order valence-corrected chi connectivity index (χ1v) is 6.35. The van der Waals surface area contributed by atoms with E-state index in [0.717, 1.165) is 10.5 Å². The minimum Gasteiger partial charge on any atom is -0.156 e. The predicted molar refractivity (Wildman–Crippen MR) is 55.5 cm³/mol. The Kier molecular flexibility index (Phi) is 2.52. The van der Waals surface area contributed by atoms with E-state index in [1.54, 1.807) is 5.57 Å². The molecule has 2 atom stereocenters. The lowest BCUT2D eigenvalue weighted by Gasteiger charge is -2.33. The fourth-order valence-electron chi connectivity index (χ4n) is 1.74. The maximum atomic E-state index is 2.43. The summed E-state index contributed by atoms with van der Waals surface area (Å²) in [5.41, 5.74) is 1.61. The van der Waals surface area contributed by atoms with Crippen molar-refractivity contribution in [3.05, 3.63) is 11.6 Å². The molecular formula is C9H14S2. The molecule has 1 fully saturated rings. The molecule has 11 heavy (non-hydrogen) atoms. The van der Waals surface area contributed by atoms with Gasteiger partial charge < -0.3 is 0 Å². The van der Waals surface area contributed by atoms with Crippen molar-refractivity contribution < 1.29 is 0 Å². The van der Waals surface area contributed by atoms with E-state index in [0.29, 0.717) is 0 Å². The van der Waals surface area contributed by atoms with Crippen molar-refractivity contribution in [3.8, 4) is 0 Å². The van der Waals surface area contributed by atoms with Gasteiger partial charge in [-0.1, -0.05) is 11.6 Å². The summed E-state index contributed by atoms with van der Waals surface area (Å²) in [5, 5.41) is 1.89. The van der Waals surface area contributed by atoms with Crippen LogP contribution < -0.4 is 0 Å². The van der Waals surface area contributed by atoms with Gasteiger partial charge in [0.2, 0.25) is 0 Å². The zero-order valence-corrected chi connectivity index (χ0v) is 8.51. The molecular weight excluding hydrogens is 172 g/mol. The van der Waals surface area contributed by atoms with E-state index in [9.17, 15) is 0 Å². The van der Waals surface area contributed by atoms with Crippen molar-refractivity contribution in [2.24, 2.45) is 0 Å². The number of fused-ring (bicyclic) bond motifs is 1. The second kappa shape index (κ2) is 3.44. The molecule has 0 aromatic rings. The van der Waals surface area contributed by atoms with E-state index >= 15 is 0 Å². The van der Waals surface area contributed by atoms with Crippen LogP contribution in [0.1, 0.15) is 19.8 Å². The number of hydrogen-bond acceptors (Lipinski definition) is 2. The van der Waals surface area contributed by atoms with Crippen molar-refractivity contribution in [2.45, 2.75) is 30.3 Å². The Labute approximate surface area is 77.2 Å². The smallest absolute Gasteiger partial charge is 0.0206 e. The lowest BCUT2D eigenvalue weighted by molar-refractivity contribution is 0.732. The average Bonchev–Trinajstić information content (AvgIpc) is 2.04. The molecule has 1 aliphatic heterocycles. The van der Waals surface area contributed by atoms with Crippen LogP contribution in [0.2, 0.25) is 0 Å². The lowest BCUT2D eigenvalue weighted by Crippen LogP contribution is -2.28. The Morgan fingerprint density at radius 3 is 2.82 bits per heavy atom. The van der Waals surface area contributed by atoms with Crippen LogP contribution in [-0.4, -0.2) is 22.0 Å².